The number of carbonyl (C=O) groups is 1. The number of nitrogens with zero attached hydrogens (tertiary/aromatic N) is 2. The van der Waals surface area contributed by atoms with E-state index in [1.165, 1.54) is 4.88 Å². The molecule has 0 spiro atoms. The first-order valence-electron chi connectivity index (χ1n) is 7.35. The number of amides is 2. The Morgan fingerprint density at radius 2 is 2.09 bits per heavy atom. The third-order valence-electron chi connectivity index (χ3n) is 3.43. The molecule has 2 rings (SSSR count). The van der Waals surface area contributed by atoms with Gasteiger partial charge in [0.05, 0.1) is 24.0 Å². The van der Waals surface area contributed by atoms with Crippen molar-refractivity contribution < 1.29 is 4.79 Å². The maximum atomic E-state index is 12.1. The lowest BCUT2D eigenvalue weighted by molar-refractivity contribution is 0.232. The zero-order chi connectivity index (χ0) is 16.1. The molecule has 0 saturated carbocycles. The zero-order valence-corrected chi connectivity index (χ0v) is 14.2. The smallest absolute Gasteiger partial charge is 0.315 e. The molecule has 1 atom stereocenters. The van der Waals surface area contributed by atoms with E-state index < -0.39 is 0 Å². The average Bonchev–Trinajstić information content (AvgIpc) is 2.82. The Morgan fingerprint density at radius 3 is 2.64 bits per heavy atom. The number of nitrogens with one attached hydrogen (secondary N) is 2. The van der Waals surface area contributed by atoms with E-state index in [2.05, 4.69) is 34.4 Å². The van der Waals surface area contributed by atoms with Crippen LogP contribution in [0.5, 0.6) is 0 Å². The molecule has 0 unspecified atom stereocenters. The van der Waals surface area contributed by atoms with Crippen LogP contribution in [0.15, 0.2) is 24.4 Å². The third kappa shape index (κ3) is 4.27. The van der Waals surface area contributed by atoms with Gasteiger partial charge in [-0.05, 0) is 31.9 Å². The number of thiazole rings is 1. The minimum absolute atomic E-state index is 0.110. The van der Waals surface area contributed by atoms with Crippen LogP contribution < -0.4 is 10.6 Å². The highest BCUT2D eigenvalue weighted by Crippen LogP contribution is 2.19. The molecule has 118 valence electrons. The van der Waals surface area contributed by atoms with Crippen LogP contribution >= 0.6 is 11.3 Å². The highest BCUT2D eigenvalue weighted by Gasteiger charge is 2.19. The summed E-state index contributed by atoms with van der Waals surface area (Å²) in [7, 11) is 0. The predicted molar refractivity (Wildman–Crippen MR) is 88.8 cm³/mol. The van der Waals surface area contributed by atoms with E-state index in [1.807, 2.05) is 32.0 Å². The minimum atomic E-state index is -0.199. The second-order valence-electron chi connectivity index (χ2n) is 5.55. The summed E-state index contributed by atoms with van der Waals surface area (Å²) < 4.78 is 0. The monoisotopic (exact) mass is 318 g/mol. The van der Waals surface area contributed by atoms with E-state index >= 15 is 0 Å². The lowest BCUT2D eigenvalue weighted by Gasteiger charge is -2.21. The molecule has 0 radical (unpaired) electrons. The second-order valence-corrected chi connectivity index (χ2v) is 6.84. The lowest BCUT2D eigenvalue weighted by Crippen LogP contribution is -2.39. The highest BCUT2D eigenvalue weighted by atomic mass is 32.1. The van der Waals surface area contributed by atoms with Crippen LogP contribution in [0.3, 0.4) is 0 Å². The normalized spacial score (nSPS) is 12.2. The standard InChI is InChI=1S/C16H22N4OS/c1-10(2)15(13-7-5-6-8-17-13)20-16(21)18-9-14-19-11(3)12(4)22-14/h5-8,10,15H,9H2,1-4H3,(H2,18,20,21)/t15-/m0/s1. The molecule has 0 aliphatic heterocycles. The van der Waals surface area contributed by atoms with E-state index in [1.54, 1.807) is 17.5 Å². The summed E-state index contributed by atoms with van der Waals surface area (Å²) in [5.41, 5.74) is 1.89. The molecule has 0 saturated heterocycles. The molecule has 0 aliphatic rings. The number of hydrogen-bond acceptors (Lipinski definition) is 4. The summed E-state index contributed by atoms with van der Waals surface area (Å²) in [6.45, 7) is 8.58. The number of hydrogen-bond donors (Lipinski definition) is 2. The number of rotatable bonds is 5. The molecule has 2 N–H and O–H groups in total. The summed E-state index contributed by atoms with van der Waals surface area (Å²) in [5, 5.41) is 6.77. The van der Waals surface area contributed by atoms with Crippen LogP contribution in [0, 0.1) is 19.8 Å². The first-order chi connectivity index (χ1) is 10.5. The van der Waals surface area contributed by atoms with Crippen molar-refractivity contribution in [2.45, 2.75) is 40.3 Å². The average molecular weight is 318 g/mol. The van der Waals surface area contributed by atoms with Gasteiger partial charge in [0.25, 0.3) is 0 Å². The summed E-state index contributed by atoms with van der Waals surface area (Å²) in [6, 6.07) is 5.42. The molecular weight excluding hydrogens is 296 g/mol. The van der Waals surface area contributed by atoms with Crippen LogP contribution in [-0.4, -0.2) is 16.0 Å². The molecule has 0 aromatic carbocycles. The summed E-state index contributed by atoms with van der Waals surface area (Å²) >= 11 is 1.61. The summed E-state index contributed by atoms with van der Waals surface area (Å²) in [4.78, 5) is 22.1. The Morgan fingerprint density at radius 1 is 1.32 bits per heavy atom. The van der Waals surface area contributed by atoms with Crippen LogP contribution in [0.1, 0.15) is 41.2 Å². The van der Waals surface area contributed by atoms with Crippen molar-refractivity contribution >= 4 is 17.4 Å². The zero-order valence-electron chi connectivity index (χ0n) is 13.4. The number of urea groups is 1. The summed E-state index contributed by atoms with van der Waals surface area (Å²) in [5.74, 6) is 0.255. The molecule has 2 aromatic heterocycles. The topological polar surface area (TPSA) is 66.9 Å². The van der Waals surface area contributed by atoms with Crippen molar-refractivity contribution in [3.05, 3.63) is 45.7 Å². The van der Waals surface area contributed by atoms with Gasteiger partial charge in [0.15, 0.2) is 0 Å². The largest absolute Gasteiger partial charge is 0.332 e. The molecule has 5 nitrogen and oxygen atoms in total. The molecule has 0 aliphatic carbocycles. The SMILES string of the molecule is Cc1nc(CNC(=O)N[C@H](c2ccccn2)C(C)C)sc1C. The molecular formula is C16H22N4OS. The first kappa shape index (κ1) is 16.4. The van der Waals surface area contributed by atoms with Crippen molar-refractivity contribution in [1.29, 1.82) is 0 Å². The van der Waals surface area contributed by atoms with Gasteiger partial charge in [-0.15, -0.1) is 11.3 Å². The Balaban J connectivity index is 1.94. The third-order valence-corrected chi connectivity index (χ3v) is 4.51. The van der Waals surface area contributed by atoms with Crippen molar-refractivity contribution in [2.24, 2.45) is 5.92 Å². The van der Waals surface area contributed by atoms with Crippen molar-refractivity contribution in [1.82, 2.24) is 20.6 Å². The first-order valence-corrected chi connectivity index (χ1v) is 8.17. The van der Waals surface area contributed by atoms with Crippen LogP contribution in [-0.2, 0) is 6.54 Å². The van der Waals surface area contributed by atoms with E-state index in [9.17, 15) is 4.79 Å². The van der Waals surface area contributed by atoms with Gasteiger partial charge < -0.3 is 10.6 Å². The Kier molecular flexibility index (Phi) is 5.49. The van der Waals surface area contributed by atoms with Crippen molar-refractivity contribution in [2.75, 3.05) is 0 Å². The molecule has 6 heteroatoms. The fourth-order valence-electron chi connectivity index (χ4n) is 2.11. The maximum absolute atomic E-state index is 12.1. The molecule has 2 amide bonds. The van der Waals surface area contributed by atoms with Gasteiger partial charge in [-0.3, -0.25) is 4.98 Å². The van der Waals surface area contributed by atoms with Gasteiger partial charge in [0, 0.05) is 11.1 Å². The van der Waals surface area contributed by atoms with Gasteiger partial charge in [-0.1, -0.05) is 19.9 Å². The Labute approximate surface area is 135 Å². The van der Waals surface area contributed by atoms with Gasteiger partial charge in [-0.2, -0.15) is 0 Å². The van der Waals surface area contributed by atoms with E-state index in [-0.39, 0.29) is 18.0 Å². The number of pyridine rings is 1. The van der Waals surface area contributed by atoms with E-state index in [0.29, 0.717) is 6.54 Å². The maximum Gasteiger partial charge on any atom is 0.315 e. The predicted octanol–water partition coefficient (Wildman–Crippen LogP) is 3.35. The fourth-order valence-corrected chi connectivity index (χ4v) is 2.98. The molecule has 0 bridgehead atoms. The number of carbonyl (C=O) groups excluding carboxylic acids is 1. The van der Waals surface area contributed by atoms with Crippen molar-refractivity contribution in [3.63, 3.8) is 0 Å². The molecule has 22 heavy (non-hydrogen) atoms. The number of aryl methyl sites for hydroxylation is 2. The molecule has 2 aromatic rings. The second kappa shape index (κ2) is 7.35. The van der Waals surface area contributed by atoms with Crippen LogP contribution in [0.2, 0.25) is 0 Å². The minimum Gasteiger partial charge on any atom is -0.332 e. The van der Waals surface area contributed by atoms with Crippen molar-refractivity contribution in [3.8, 4) is 0 Å². The van der Waals surface area contributed by atoms with Gasteiger partial charge >= 0.3 is 6.03 Å². The summed E-state index contributed by atoms with van der Waals surface area (Å²) in [6.07, 6.45) is 1.74. The fraction of sp³-hybridized carbons (Fsp3) is 0.438. The lowest BCUT2D eigenvalue weighted by atomic mass is 10.0. The van der Waals surface area contributed by atoms with Gasteiger partial charge in [0.2, 0.25) is 0 Å². The van der Waals surface area contributed by atoms with Crippen LogP contribution in [0.4, 0.5) is 4.79 Å². The Bertz CT molecular complexity index is 605. The molecule has 2 heterocycles. The van der Waals surface area contributed by atoms with Crippen LogP contribution in [0.25, 0.3) is 0 Å². The highest BCUT2D eigenvalue weighted by molar-refractivity contribution is 7.11. The van der Waals surface area contributed by atoms with Gasteiger partial charge in [0.1, 0.15) is 5.01 Å². The quantitative estimate of drug-likeness (QED) is 0.888. The Hall–Kier alpha value is -1.95. The molecule has 0 fully saturated rings. The van der Waals surface area contributed by atoms with E-state index in [0.717, 1.165) is 16.4 Å². The van der Waals surface area contributed by atoms with Gasteiger partial charge in [-0.25, -0.2) is 9.78 Å². The van der Waals surface area contributed by atoms with E-state index in [4.69, 9.17) is 0 Å². The number of aromatic nitrogens is 2.